The van der Waals surface area contributed by atoms with E-state index in [0.717, 1.165) is 22.3 Å². The Kier molecular flexibility index (Phi) is 3.36. The second kappa shape index (κ2) is 5.34. The van der Waals surface area contributed by atoms with Crippen molar-refractivity contribution in [2.75, 3.05) is 5.73 Å². The van der Waals surface area contributed by atoms with Gasteiger partial charge in [0.15, 0.2) is 0 Å². The second-order valence-corrected chi connectivity index (χ2v) is 5.22. The number of aryl methyl sites for hydroxylation is 2. The lowest BCUT2D eigenvalue weighted by Gasteiger charge is -2.06. The fraction of sp³-hybridized carbons (Fsp3) is 0.118. The van der Waals surface area contributed by atoms with Gasteiger partial charge in [0.2, 0.25) is 0 Å². The number of hydrogen-bond donors (Lipinski definition) is 1. The Morgan fingerprint density at radius 2 is 1.91 bits per heavy atom. The molecule has 0 unspecified atom stereocenters. The molecule has 0 bridgehead atoms. The molecule has 2 N–H and O–H groups in total. The van der Waals surface area contributed by atoms with E-state index in [2.05, 4.69) is 34.2 Å². The zero-order chi connectivity index (χ0) is 15.7. The van der Waals surface area contributed by atoms with Gasteiger partial charge >= 0.3 is 0 Å². The van der Waals surface area contributed by atoms with Gasteiger partial charge in [-0.3, -0.25) is 0 Å². The fourth-order valence-electron chi connectivity index (χ4n) is 2.42. The molecule has 0 spiro atoms. The van der Waals surface area contributed by atoms with E-state index < -0.39 is 0 Å². The van der Waals surface area contributed by atoms with Crippen molar-refractivity contribution in [3.8, 4) is 23.0 Å². The van der Waals surface area contributed by atoms with Crippen LogP contribution in [0.3, 0.4) is 0 Å². The van der Waals surface area contributed by atoms with Crippen molar-refractivity contribution in [1.82, 2.24) is 14.5 Å². The summed E-state index contributed by atoms with van der Waals surface area (Å²) in [6.07, 6.45) is 5.08. The third-order valence-electron chi connectivity index (χ3n) is 3.57. The first-order valence-corrected chi connectivity index (χ1v) is 6.86. The van der Waals surface area contributed by atoms with Crippen molar-refractivity contribution < 1.29 is 0 Å². The Bertz CT molecular complexity index is 886. The van der Waals surface area contributed by atoms with Crippen LogP contribution in [0, 0.1) is 25.2 Å². The smallest absolute Gasteiger partial charge is 0.142 e. The van der Waals surface area contributed by atoms with Gasteiger partial charge in [0.25, 0.3) is 0 Å². The van der Waals surface area contributed by atoms with E-state index in [1.165, 1.54) is 6.33 Å². The van der Waals surface area contributed by atoms with Gasteiger partial charge in [0.05, 0.1) is 5.56 Å². The van der Waals surface area contributed by atoms with Crippen molar-refractivity contribution in [1.29, 1.82) is 5.26 Å². The number of nitrogen functional groups attached to an aromatic ring is 1. The molecule has 5 heteroatoms. The van der Waals surface area contributed by atoms with Gasteiger partial charge < -0.3 is 10.3 Å². The van der Waals surface area contributed by atoms with Crippen molar-refractivity contribution >= 4 is 5.82 Å². The maximum atomic E-state index is 9.43. The summed E-state index contributed by atoms with van der Waals surface area (Å²) in [6, 6.07) is 10.1. The van der Waals surface area contributed by atoms with Crippen LogP contribution in [0.1, 0.15) is 16.7 Å². The van der Waals surface area contributed by atoms with E-state index in [4.69, 9.17) is 5.73 Å². The maximum Gasteiger partial charge on any atom is 0.142 e. The number of benzene rings is 1. The third kappa shape index (κ3) is 2.42. The zero-order valence-corrected chi connectivity index (χ0v) is 12.4. The molecule has 2 heterocycles. The van der Waals surface area contributed by atoms with Gasteiger partial charge in [-0.05, 0) is 25.0 Å². The Hall–Kier alpha value is -3.13. The number of rotatable bonds is 2. The van der Waals surface area contributed by atoms with Crippen LogP contribution in [-0.4, -0.2) is 14.5 Å². The van der Waals surface area contributed by atoms with Crippen molar-refractivity contribution in [2.24, 2.45) is 0 Å². The monoisotopic (exact) mass is 289 g/mol. The SMILES string of the molecule is Cc1ccc(C)c(-c2cn(-c3cc(N)ncn3)cc2C#N)c1. The highest BCUT2D eigenvalue weighted by molar-refractivity contribution is 5.74. The van der Waals surface area contributed by atoms with E-state index in [1.807, 2.05) is 20.0 Å². The highest BCUT2D eigenvalue weighted by atomic mass is 15.1. The lowest BCUT2D eigenvalue weighted by molar-refractivity contribution is 0.985. The van der Waals surface area contributed by atoms with Gasteiger partial charge in [0.1, 0.15) is 24.0 Å². The lowest BCUT2D eigenvalue weighted by Crippen LogP contribution is -1.98. The molecule has 108 valence electrons. The van der Waals surface area contributed by atoms with E-state index >= 15 is 0 Å². The zero-order valence-electron chi connectivity index (χ0n) is 12.4. The molecule has 0 atom stereocenters. The van der Waals surface area contributed by atoms with Crippen LogP contribution in [0.4, 0.5) is 5.82 Å². The van der Waals surface area contributed by atoms with E-state index in [1.54, 1.807) is 16.8 Å². The molecule has 0 saturated heterocycles. The molecule has 0 amide bonds. The second-order valence-electron chi connectivity index (χ2n) is 5.22. The summed E-state index contributed by atoms with van der Waals surface area (Å²) in [5.74, 6) is 1.03. The van der Waals surface area contributed by atoms with Crippen LogP contribution in [0.15, 0.2) is 43.0 Å². The van der Waals surface area contributed by atoms with Gasteiger partial charge in [0, 0.05) is 24.0 Å². The Morgan fingerprint density at radius 3 is 2.64 bits per heavy atom. The number of aromatic nitrogens is 3. The van der Waals surface area contributed by atoms with Crippen LogP contribution in [0.25, 0.3) is 16.9 Å². The van der Waals surface area contributed by atoms with Crippen LogP contribution < -0.4 is 5.73 Å². The minimum atomic E-state index is 0.394. The Morgan fingerprint density at radius 1 is 1.09 bits per heavy atom. The summed E-state index contributed by atoms with van der Waals surface area (Å²) < 4.78 is 1.80. The summed E-state index contributed by atoms with van der Waals surface area (Å²) in [6.45, 7) is 4.08. The topological polar surface area (TPSA) is 80.5 Å². The maximum absolute atomic E-state index is 9.43. The highest BCUT2D eigenvalue weighted by Gasteiger charge is 2.12. The average molecular weight is 289 g/mol. The number of nitrogens with two attached hydrogens (primary N) is 1. The Balaban J connectivity index is 2.18. The summed E-state index contributed by atoms with van der Waals surface area (Å²) >= 11 is 0. The van der Waals surface area contributed by atoms with Gasteiger partial charge in [-0.15, -0.1) is 0 Å². The molecular weight excluding hydrogens is 274 g/mol. The average Bonchev–Trinajstić information content (AvgIpc) is 2.94. The van der Waals surface area contributed by atoms with Crippen molar-refractivity contribution in [3.63, 3.8) is 0 Å². The predicted octanol–water partition coefficient (Wildman–Crippen LogP) is 3.01. The molecule has 2 aromatic heterocycles. The van der Waals surface area contributed by atoms with E-state index in [0.29, 0.717) is 17.2 Å². The molecule has 0 saturated carbocycles. The van der Waals surface area contributed by atoms with Crippen LogP contribution in [0.5, 0.6) is 0 Å². The molecule has 22 heavy (non-hydrogen) atoms. The molecule has 3 aromatic rings. The fourth-order valence-corrected chi connectivity index (χ4v) is 2.42. The molecular formula is C17H15N5. The van der Waals surface area contributed by atoms with E-state index in [9.17, 15) is 5.26 Å². The van der Waals surface area contributed by atoms with Crippen molar-refractivity contribution in [2.45, 2.75) is 13.8 Å². The third-order valence-corrected chi connectivity index (χ3v) is 3.57. The first-order chi connectivity index (χ1) is 10.6. The molecule has 0 fully saturated rings. The Labute approximate surface area is 128 Å². The van der Waals surface area contributed by atoms with Gasteiger partial charge in [-0.2, -0.15) is 5.26 Å². The quantitative estimate of drug-likeness (QED) is 0.786. The predicted molar refractivity (Wildman–Crippen MR) is 85.4 cm³/mol. The van der Waals surface area contributed by atoms with Crippen LogP contribution in [-0.2, 0) is 0 Å². The molecule has 0 aliphatic carbocycles. The minimum Gasteiger partial charge on any atom is -0.384 e. The first kappa shape index (κ1) is 13.8. The molecule has 1 aromatic carbocycles. The summed E-state index contributed by atoms with van der Waals surface area (Å²) in [5.41, 5.74) is 10.5. The highest BCUT2D eigenvalue weighted by Crippen LogP contribution is 2.29. The van der Waals surface area contributed by atoms with Crippen molar-refractivity contribution in [3.05, 3.63) is 59.7 Å². The lowest BCUT2D eigenvalue weighted by atomic mass is 9.98. The van der Waals surface area contributed by atoms with Gasteiger partial charge in [-0.25, -0.2) is 9.97 Å². The molecule has 0 aliphatic heterocycles. The van der Waals surface area contributed by atoms with E-state index in [-0.39, 0.29) is 0 Å². The number of nitrogens with zero attached hydrogens (tertiary/aromatic N) is 4. The summed E-state index contributed by atoms with van der Waals surface area (Å²) in [5, 5.41) is 9.43. The summed E-state index contributed by atoms with van der Waals surface area (Å²) in [4.78, 5) is 8.08. The number of nitriles is 1. The largest absolute Gasteiger partial charge is 0.384 e. The standard InChI is InChI=1S/C17H15N5/c1-11-3-4-12(2)14(5-11)15-9-22(8-13(15)7-18)17-6-16(19)20-10-21-17/h3-6,8-10H,1-2H3,(H2,19,20,21). The first-order valence-electron chi connectivity index (χ1n) is 6.86. The molecule has 0 radical (unpaired) electrons. The van der Waals surface area contributed by atoms with Crippen LogP contribution in [0.2, 0.25) is 0 Å². The summed E-state index contributed by atoms with van der Waals surface area (Å²) in [7, 11) is 0. The van der Waals surface area contributed by atoms with Crippen LogP contribution >= 0.6 is 0 Å². The molecule has 0 aliphatic rings. The number of anilines is 1. The van der Waals surface area contributed by atoms with Gasteiger partial charge in [-0.1, -0.05) is 23.8 Å². The molecule has 5 nitrogen and oxygen atoms in total. The normalized spacial score (nSPS) is 10.4. The number of hydrogen-bond acceptors (Lipinski definition) is 4. The molecule has 3 rings (SSSR count). The minimum absolute atomic E-state index is 0.394.